The minimum absolute atomic E-state index is 0.303. The molecule has 0 aliphatic carbocycles. The van der Waals surface area contributed by atoms with Crippen LogP contribution in [0.25, 0.3) is 0 Å². The molecule has 1 fully saturated rings. The predicted molar refractivity (Wildman–Crippen MR) is 43.4 cm³/mol. The van der Waals surface area contributed by atoms with Crippen LogP contribution in [0.4, 0.5) is 0 Å². The van der Waals surface area contributed by atoms with Crippen LogP contribution in [0.5, 0.6) is 0 Å². The number of aliphatic hydroxyl groups is 1. The molecule has 0 radical (unpaired) electrons. The van der Waals surface area contributed by atoms with Gasteiger partial charge in [0.05, 0.1) is 0 Å². The maximum absolute atomic E-state index is 9.41. The number of aliphatic imine (C=N–C) groups is 1. The van der Waals surface area contributed by atoms with E-state index in [0.717, 1.165) is 25.3 Å². The van der Waals surface area contributed by atoms with Crippen molar-refractivity contribution in [3.05, 3.63) is 0 Å². The molecule has 2 aliphatic rings. The van der Waals surface area contributed by atoms with Crippen LogP contribution in [0.15, 0.2) is 4.99 Å². The maximum atomic E-state index is 9.41. The molecule has 2 heterocycles. The molecule has 11 heavy (non-hydrogen) atoms. The number of aliphatic hydroxyl groups excluding tert-OH is 1. The van der Waals surface area contributed by atoms with Crippen LogP contribution < -0.4 is 0 Å². The minimum atomic E-state index is -0.445. The van der Waals surface area contributed by atoms with Crippen molar-refractivity contribution in [2.75, 3.05) is 13.1 Å². The van der Waals surface area contributed by atoms with E-state index in [1.807, 2.05) is 6.92 Å². The summed E-state index contributed by atoms with van der Waals surface area (Å²) in [6.45, 7) is 4.17. The SMILES string of the molecule is CC1CN2CCCC2=NC1O. The fourth-order valence-electron chi connectivity index (χ4n) is 1.78. The third kappa shape index (κ3) is 1.13. The van der Waals surface area contributed by atoms with Gasteiger partial charge < -0.3 is 10.0 Å². The summed E-state index contributed by atoms with van der Waals surface area (Å²) in [6, 6.07) is 0. The summed E-state index contributed by atoms with van der Waals surface area (Å²) in [5.41, 5.74) is 0. The van der Waals surface area contributed by atoms with Crippen molar-refractivity contribution >= 4 is 5.84 Å². The number of hydrogen-bond acceptors (Lipinski definition) is 3. The highest BCUT2D eigenvalue weighted by molar-refractivity contribution is 5.84. The molecule has 0 aromatic rings. The molecule has 1 saturated heterocycles. The van der Waals surface area contributed by atoms with Crippen molar-refractivity contribution in [3.63, 3.8) is 0 Å². The average molecular weight is 154 g/mol. The van der Waals surface area contributed by atoms with E-state index in [1.54, 1.807) is 0 Å². The molecule has 0 aromatic carbocycles. The van der Waals surface area contributed by atoms with Crippen molar-refractivity contribution in [3.8, 4) is 0 Å². The highest BCUT2D eigenvalue weighted by Gasteiger charge is 2.28. The van der Waals surface area contributed by atoms with E-state index in [0.29, 0.717) is 5.92 Å². The van der Waals surface area contributed by atoms with Crippen molar-refractivity contribution in [2.24, 2.45) is 10.9 Å². The fourth-order valence-corrected chi connectivity index (χ4v) is 1.78. The topological polar surface area (TPSA) is 35.8 Å². The van der Waals surface area contributed by atoms with Gasteiger partial charge in [0.2, 0.25) is 0 Å². The van der Waals surface area contributed by atoms with Gasteiger partial charge in [-0.3, -0.25) is 0 Å². The molecular weight excluding hydrogens is 140 g/mol. The molecular formula is C8H14N2O. The third-order valence-electron chi connectivity index (χ3n) is 2.49. The van der Waals surface area contributed by atoms with Gasteiger partial charge in [-0.2, -0.15) is 0 Å². The summed E-state index contributed by atoms with van der Waals surface area (Å²) in [7, 11) is 0. The van der Waals surface area contributed by atoms with E-state index < -0.39 is 6.23 Å². The van der Waals surface area contributed by atoms with Gasteiger partial charge in [-0.05, 0) is 6.42 Å². The van der Waals surface area contributed by atoms with E-state index in [2.05, 4.69) is 9.89 Å². The number of nitrogens with zero attached hydrogens (tertiary/aromatic N) is 2. The first kappa shape index (κ1) is 7.10. The monoisotopic (exact) mass is 154 g/mol. The number of hydrogen-bond donors (Lipinski definition) is 1. The normalized spacial score (nSPS) is 36.9. The van der Waals surface area contributed by atoms with Crippen LogP contribution in [-0.2, 0) is 0 Å². The van der Waals surface area contributed by atoms with Crippen LogP contribution in [0.1, 0.15) is 19.8 Å². The zero-order valence-corrected chi connectivity index (χ0v) is 6.82. The van der Waals surface area contributed by atoms with Crippen LogP contribution in [0.2, 0.25) is 0 Å². The van der Waals surface area contributed by atoms with Crippen molar-refractivity contribution in [1.82, 2.24) is 4.90 Å². The van der Waals surface area contributed by atoms with E-state index in [-0.39, 0.29) is 0 Å². The predicted octanol–water partition coefficient (Wildman–Crippen LogP) is 0.449. The van der Waals surface area contributed by atoms with Crippen LogP contribution >= 0.6 is 0 Å². The van der Waals surface area contributed by atoms with Gasteiger partial charge in [0.15, 0.2) is 6.23 Å². The second-order valence-corrected chi connectivity index (χ2v) is 3.49. The molecule has 2 atom stereocenters. The maximum Gasteiger partial charge on any atom is 0.151 e. The minimum Gasteiger partial charge on any atom is -0.371 e. The summed E-state index contributed by atoms with van der Waals surface area (Å²) >= 11 is 0. The van der Waals surface area contributed by atoms with Gasteiger partial charge in [-0.1, -0.05) is 6.92 Å². The van der Waals surface area contributed by atoms with Crippen LogP contribution in [0, 0.1) is 5.92 Å². The first-order valence-corrected chi connectivity index (χ1v) is 4.27. The zero-order chi connectivity index (χ0) is 7.84. The lowest BCUT2D eigenvalue weighted by Gasteiger charge is -2.30. The van der Waals surface area contributed by atoms with Crippen molar-refractivity contribution in [1.29, 1.82) is 0 Å². The molecule has 0 aromatic heterocycles. The Balaban J connectivity index is 2.18. The highest BCUT2D eigenvalue weighted by Crippen LogP contribution is 2.21. The molecule has 0 bridgehead atoms. The molecule has 62 valence electrons. The van der Waals surface area contributed by atoms with E-state index in [1.165, 1.54) is 6.42 Å². The largest absolute Gasteiger partial charge is 0.371 e. The van der Waals surface area contributed by atoms with Gasteiger partial charge in [-0.25, -0.2) is 4.99 Å². The van der Waals surface area contributed by atoms with E-state index in [4.69, 9.17) is 0 Å². The van der Waals surface area contributed by atoms with Gasteiger partial charge in [0, 0.05) is 25.4 Å². The fraction of sp³-hybridized carbons (Fsp3) is 0.875. The molecule has 0 amide bonds. The summed E-state index contributed by atoms with van der Waals surface area (Å²) in [5, 5.41) is 9.41. The summed E-state index contributed by atoms with van der Waals surface area (Å²) < 4.78 is 0. The second kappa shape index (κ2) is 2.48. The Hall–Kier alpha value is -0.570. The van der Waals surface area contributed by atoms with E-state index >= 15 is 0 Å². The lowest BCUT2D eigenvalue weighted by molar-refractivity contribution is 0.0987. The first-order valence-electron chi connectivity index (χ1n) is 4.27. The van der Waals surface area contributed by atoms with Crippen LogP contribution in [-0.4, -0.2) is 35.2 Å². The van der Waals surface area contributed by atoms with Crippen LogP contribution in [0.3, 0.4) is 0 Å². The Labute approximate surface area is 66.7 Å². The lowest BCUT2D eigenvalue weighted by atomic mass is 10.1. The molecule has 3 nitrogen and oxygen atoms in total. The molecule has 3 heteroatoms. The Kier molecular flexibility index (Phi) is 1.60. The summed E-state index contributed by atoms with van der Waals surface area (Å²) in [5.74, 6) is 1.42. The third-order valence-corrected chi connectivity index (χ3v) is 2.49. The highest BCUT2D eigenvalue weighted by atomic mass is 16.3. The molecule has 2 rings (SSSR count). The van der Waals surface area contributed by atoms with Gasteiger partial charge >= 0.3 is 0 Å². The molecule has 1 N–H and O–H groups in total. The number of rotatable bonds is 0. The van der Waals surface area contributed by atoms with Gasteiger partial charge in [0.25, 0.3) is 0 Å². The second-order valence-electron chi connectivity index (χ2n) is 3.49. The summed E-state index contributed by atoms with van der Waals surface area (Å²) in [4.78, 5) is 6.51. The van der Waals surface area contributed by atoms with Crippen molar-refractivity contribution in [2.45, 2.75) is 26.0 Å². The van der Waals surface area contributed by atoms with E-state index in [9.17, 15) is 5.11 Å². The smallest absolute Gasteiger partial charge is 0.151 e. The Morgan fingerprint density at radius 1 is 1.64 bits per heavy atom. The standard InChI is InChI=1S/C8H14N2O/c1-6-5-10-4-2-3-7(10)9-8(6)11/h6,8,11H,2-5H2,1H3. The first-order chi connectivity index (χ1) is 5.27. The molecule has 0 saturated carbocycles. The average Bonchev–Trinajstić information content (AvgIpc) is 2.36. The molecule has 2 aliphatic heterocycles. The Morgan fingerprint density at radius 3 is 3.27 bits per heavy atom. The Morgan fingerprint density at radius 2 is 2.45 bits per heavy atom. The lowest BCUT2D eigenvalue weighted by Crippen LogP contribution is -2.39. The molecule has 2 unspecified atom stereocenters. The summed E-state index contributed by atoms with van der Waals surface area (Å²) in [6.07, 6.45) is 1.82. The molecule has 0 spiro atoms. The van der Waals surface area contributed by atoms with Crippen molar-refractivity contribution < 1.29 is 5.11 Å². The van der Waals surface area contributed by atoms with Gasteiger partial charge in [-0.15, -0.1) is 0 Å². The quantitative estimate of drug-likeness (QED) is 0.550. The Bertz CT molecular complexity index is 191. The number of amidine groups is 1. The van der Waals surface area contributed by atoms with Gasteiger partial charge in [0.1, 0.15) is 5.84 Å². The number of fused-ring (bicyclic) bond motifs is 1. The zero-order valence-electron chi connectivity index (χ0n) is 6.82.